The van der Waals surface area contributed by atoms with E-state index >= 15 is 0 Å². The summed E-state index contributed by atoms with van der Waals surface area (Å²) in [4.78, 5) is 31.8. The molecule has 0 heterocycles. The molecule has 5 heteroatoms. The lowest BCUT2D eigenvalue weighted by atomic mass is 10.1. The van der Waals surface area contributed by atoms with Gasteiger partial charge in [0.25, 0.3) is 0 Å². The van der Waals surface area contributed by atoms with Crippen LogP contribution in [-0.2, 0) is 14.4 Å². The van der Waals surface area contributed by atoms with Crippen LogP contribution < -0.4 is 5.73 Å². The second kappa shape index (κ2) is 6.75. The molecule has 0 spiro atoms. The standard InChI is InChI=1S/C10H15NO4/c1-7(2-5-10(14)15)6-8(12)3-4-9(11)13/h6H,2-5H2,1H3,(H2,11,13)(H,14,15)/b7-6+. The van der Waals surface area contributed by atoms with E-state index in [9.17, 15) is 14.4 Å². The predicted octanol–water partition coefficient (Wildman–Crippen LogP) is 0.632. The zero-order valence-electron chi connectivity index (χ0n) is 8.66. The first-order valence-corrected chi connectivity index (χ1v) is 4.62. The zero-order chi connectivity index (χ0) is 11.8. The summed E-state index contributed by atoms with van der Waals surface area (Å²) in [6.07, 6.45) is 1.83. The Bertz CT molecular complexity index is 294. The van der Waals surface area contributed by atoms with Crippen LogP contribution in [0.15, 0.2) is 11.6 Å². The summed E-state index contributed by atoms with van der Waals surface area (Å²) in [5.74, 6) is -1.61. The fraction of sp³-hybridized carbons (Fsp3) is 0.500. The minimum Gasteiger partial charge on any atom is -0.481 e. The van der Waals surface area contributed by atoms with Gasteiger partial charge in [0.2, 0.25) is 5.91 Å². The Morgan fingerprint density at radius 1 is 1.13 bits per heavy atom. The molecule has 0 aromatic carbocycles. The normalized spacial score (nSPS) is 11.1. The SMILES string of the molecule is C/C(=C\C(=O)CCC(N)=O)CCC(=O)O. The van der Waals surface area contributed by atoms with Crippen LogP contribution in [0.4, 0.5) is 0 Å². The molecular formula is C10H15NO4. The number of primary amides is 1. The molecule has 0 aromatic rings. The number of carbonyl (C=O) groups excluding carboxylic acids is 2. The summed E-state index contributed by atoms with van der Waals surface area (Å²) in [6, 6.07) is 0. The highest BCUT2D eigenvalue weighted by Crippen LogP contribution is 2.05. The van der Waals surface area contributed by atoms with Crippen molar-refractivity contribution in [2.75, 3.05) is 0 Å². The van der Waals surface area contributed by atoms with Gasteiger partial charge in [-0.1, -0.05) is 5.57 Å². The van der Waals surface area contributed by atoms with Gasteiger partial charge in [-0.2, -0.15) is 0 Å². The van der Waals surface area contributed by atoms with Crippen molar-refractivity contribution in [1.29, 1.82) is 0 Å². The van der Waals surface area contributed by atoms with Crippen LogP contribution in [-0.4, -0.2) is 22.8 Å². The molecule has 0 rings (SSSR count). The molecule has 5 nitrogen and oxygen atoms in total. The highest BCUT2D eigenvalue weighted by atomic mass is 16.4. The highest BCUT2D eigenvalue weighted by molar-refractivity contribution is 5.92. The number of carboxylic acid groups (broad SMARTS) is 1. The highest BCUT2D eigenvalue weighted by Gasteiger charge is 2.03. The summed E-state index contributed by atoms with van der Waals surface area (Å²) < 4.78 is 0. The number of nitrogens with two attached hydrogens (primary N) is 1. The van der Waals surface area contributed by atoms with Crippen LogP contribution in [0.5, 0.6) is 0 Å². The van der Waals surface area contributed by atoms with E-state index in [1.165, 1.54) is 6.08 Å². The molecule has 0 saturated heterocycles. The minimum absolute atomic E-state index is 0.00539. The van der Waals surface area contributed by atoms with Gasteiger partial charge in [-0.3, -0.25) is 14.4 Å². The number of carbonyl (C=O) groups is 3. The van der Waals surface area contributed by atoms with Crippen molar-refractivity contribution in [3.05, 3.63) is 11.6 Å². The lowest BCUT2D eigenvalue weighted by Crippen LogP contribution is -2.12. The van der Waals surface area contributed by atoms with E-state index < -0.39 is 11.9 Å². The van der Waals surface area contributed by atoms with Crippen molar-refractivity contribution in [3.63, 3.8) is 0 Å². The van der Waals surface area contributed by atoms with Gasteiger partial charge >= 0.3 is 5.97 Å². The number of ketones is 1. The van der Waals surface area contributed by atoms with E-state index in [1.54, 1.807) is 6.92 Å². The van der Waals surface area contributed by atoms with Crippen LogP contribution in [0.2, 0.25) is 0 Å². The molecule has 0 atom stereocenters. The van der Waals surface area contributed by atoms with Crippen LogP contribution >= 0.6 is 0 Å². The van der Waals surface area contributed by atoms with Crippen molar-refractivity contribution in [1.82, 2.24) is 0 Å². The van der Waals surface area contributed by atoms with Gasteiger partial charge in [0.1, 0.15) is 0 Å². The zero-order valence-corrected chi connectivity index (χ0v) is 8.66. The summed E-state index contributed by atoms with van der Waals surface area (Å²) in [5.41, 5.74) is 5.58. The summed E-state index contributed by atoms with van der Waals surface area (Å²) >= 11 is 0. The Kier molecular flexibility index (Phi) is 6.01. The third kappa shape index (κ3) is 8.67. The largest absolute Gasteiger partial charge is 0.481 e. The fourth-order valence-electron chi connectivity index (χ4n) is 0.970. The molecule has 0 unspecified atom stereocenters. The molecule has 0 aliphatic carbocycles. The number of aliphatic carboxylic acids is 1. The van der Waals surface area contributed by atoms with E-state index in [0.29, 0.717) is 12.0 Å². The number of hydrogen-bond acceptors (Lipinski definition) is 3. The smallest absolute Gasteiger partial charge is 0.303 e. The molecule has 0 aliphatic rings. The number of carboxylic acids is 1. The van der Waals surface area contributed by atoms with E-state index in [0.717, 1.165) is 0 Å². The molecule has 15 heavy (non-hydrogen) atoms. The number of hydrogen-bond donors (Lipinski definition) is 2. The van der Waals surface area contributed by atoms with Gasteiger partial charge in [-0.15, -0.1) is 0 Å². The Balaban J connectivity index is 3.94. The lowest BCUT2D eigenvalue weighted by molar-refractivity contribution is -0.137. The van der Waals surface area contributed by atoms with Crippen LogP contribution in [0.3, 0.4) is 0 Å². The third-order valence-corrected chi connectivity index (χ3v) is 1.76. The molecule has 84 valence electrons. The maximum absolute atomic E-state index is 11.2. The molecule has 1 amide bonds. The molecule has 0 aliphatic heterocycles. The first-order valence-electron chi connectivity index (χ1n) is 4.62. The van der Waals surface area contributed by atoms with Gasteiger partial charge in [-0.05, 0) is 19.4 Å². The average molecular weight is 213 g/mol. The maximum Gasteiger partial charge on any atom is 0.303 e. The van der Waals surface area contributed by atoms with Crippen molar-refractivity contribution in [2.45, 2.75) is 32.6 Å². The van der Waals surface area contributed by atoms with Crippen molar-refractivity contribution in [3.8, 4) is 0 Å². The average Bonchev–Trinajstić information content (AvgIpc) is 2.11. The molecule has 3 N–H and O–H groups in total. The molecular weight excluding hydrogens is 198 g/mol. The molecule has 0 radical (unpaired) electrons. The van der Waals surface area contributed by atoms with Crippen LogP contribution in [0.1, 0.15) is 32.6 Å². The van der Waals surface area contributed by atoms with E-state index in [4.69, 9.17) is 10.8 Å². The maximum atomic E-state index is 11.2. The Morgan fingerprint density at radius 3 is 2.20 bits per heavy atom. The second-order valence-electron chi connectivity index (χ2n) is 3.32. The van der Waals surface area contributed by atoms with Gasteiger partial charge in [0.15, 0.2) is 5.78 Å². The first kappa shape index (κ1) is 13.4. The lowest BCUT2D eigenvalue weighted by Gasteiger charge is -1.97. The number of allylic oxidation sites excluding steroid dienone is 2. The van der Waals surface area contributed by atoms with Crippen LogP contribution in [0.25, 0.3) is 0 Å². The van der Waals surface area contributed by atoms with Gasteiger partial charge in [0.05, 0.1) is 0 Å². The predicted molar refractivity (Wildman–Crippen MR) is 54.1 cm³/mol. The van der Waals surface area contributed by atoms with Crippen molar-refractivity contribution in [2.24, 2.45) is 5.73 Å². The van der Waals surface area contributed by atoms with Gasteiger partial charge in [-0.25, -0.2) is 0 Å². The van der Waals surface area contributed by atoms with Gasteiger partial charge in [0, 0.05) is 19.3 Å². The Labute approximate surface area is 88.0 Å². The molecule has 0 aromatic heterocycles. The minimum atomic E-state index is -0.896. The second-order valence-corrected chi connectivity index (χ2v) is 3.32. The van der Waals surface area contributed by atoms with E-state index in [1.807, 2.05) is 0 Å². The number of amides is 1. The molecule has 0 saturated carbocycles. The molecule has 0 fully saturated rings. The third-order valence-electron chi connectivity index (χ3n) is 1.76. The Hall–Kier alpha value is -1.65. The van der Waals surface area contributed by atoms with E-state index in [-0.39, 0.29) is 25.0 Å². The first-order chi connectivity index (χ1) is 6.91. The summed E-state index contributed by atoms with van der Waals surface area (Å²) in [6.45, 7) is 1.69. The molecule has 0 bridgehead atoms. The summed E-state index contributed by atoms with van der Waals surface area (Å²) in [5, 5.41) is 8.40. The summed E-state index contributed by atoms with van der Waals surface area (Å²) in [7, 11) is 0. The van der Waals surface area contributed by atoms with Crippen molar-refractivity contribution < 1.29 is 19.5 Å². The monoisotopic (exact) mass is 213 g/mol. The van der Waals surface area contributed by atoms with Gasteiger partial charge < -0.3 is 10.8 Å². The van der Waals surface area contributed by atoms with Crippen molar-refractivity contribution >= 4 is 17.7 Å². The fourth-order valence-corrected chi connectivity index (χ4v) is 0.970. The van der Waals surface area contributed by atoms with E-state index in [2.05, 4.69) is 0 Å². The van der Waals surface area contributed by atoms with Crippen LogP contribution in [0, 0.1) is 0 Å². The topological polar surface area (TPSA) is 97.5 Å². The Morgan fingerprint density at radius 2 is 1.73 bits per heavy atom. The number of rotatable bonds is 7. The quantitative estimate of drug-likeness (QED) is 0.606.